The maximum Gasteiger partial charge on any atom is 0.265 e. The van der Waals surface area contributed by atoms with Crippen LogP contribution in [-0.2, 0) is 16.7 Å². The van der Waals surface area contributed by atoms with Gasteiger partial charge in [-0.15, -0.1) is 0 Å². The molecule has 196 valence electrons. The Kier molecular flexibility index (Phi) is 7.91. The fourth-order valence-corrected chi connectivity index (χ4v) is 8.34. The van der Waals surface area contributed by atoms with Crippen LogP contribution in [0.25, 0.3) is 15.8 Å². The molecule has 6 rings (SSSR count). The predicted molar refractivity (Wildman–Crippen MR) is 156 cm³/mol. The molecule has 0 spiro atoms. The quantitative estimate of drug-likeness (QED) is 0.188. The van der Waals surface area contributed by atoms with Gasteiger partial charge < -0.3 is 4.55 Å². The van der Waals surface area contributed by atoms with Crippen molar-refractivity contribution in [2.75, 3.05) is 0 Å². The molecule has 4 aromatic rings. The van der Waals surface area contributed by atoms with Gasteiger partial charge in [-0.2, -0.15) is 4.57 Å². The number of hydrogen-bond donors (Lipinski definition) is 0. The van der Waals surface area contributed by atoms with E-state index in [1.807, 2.05) is 30.0 Å². The predicted octanol–water partition coefficient (Wildman–Crippen LogP) is 7.84. The second-order valence-electron chi connectivity index (χ2n) is 9.55. The molecule has 2 heterocycles. The Hall–Kier alpha value is -2.71. The smallest absolute Gasteiger partial charge is 0.265 e. The number of aromatic nitrogens is 1. The van der Waals surface area contributed by atoms with Crippen molar-refractivity contribution in [3.8, 4) is 0 Å². The van der Waals surface area contributed by atoms with E-state index in [2.05, 4.69) is 73.0 Å². The number of benzene rings is 3. The van der Waals surface area contributed by atoms with Crippen LogP contribution in [0.5, 0.6) is 0 Å². The Bertz CT molecular complexity index is 1650. The molecule has 1 aliphatic carbocycles. The topological polar surface area (TPSA) is 61.1 Å². The lowest BCUT2D eigenvalue weighted by atomic mass is 9.94. The molecule has 1 aliphatic heterocycles. The van der Waals surface area contributed by atoms with Crippen LogP contribution in [0.4, 0.5) is 0 Å². The van der Waals surface area contributed by atoms with E-state index in [0.29, 0.717) is 5.92 Å². The number of hydrogen-bond acceptors (Lipinski definition) is 5. The molecular weight excluding hydrogens is 531 g/mol. The van der Waals surface area contributed by atoms with Gasteiger partial charge in [0.1, 0.15) is 21.4 Å². The van der Waals surface area contributed by atoms with E-state index in [1.165, 1.54) is 62.7 Å². The van der Waals surface area contributed by atoms with Gasteiger partial charge in [0, 0.05) is 27.4 Å². The Morgan fingerprint density at radius 3 is 2.37 bits per heavy atom. The van der Waals surface area contributed by atoms with Gasteiger partial charge >= 0.3 is 0 Å². The summed E-state index contributed by atoms with van der Waals surface area (Å²) in [4.78, 5) is 2.88. The molecule has 0 saturated carbocycles. The van der Waals surface area contributed by atoms with Crippen LogP contribution < -0.4 is 4.57 Å². The fourth-order valence-electron chi connectivity index (χ4n) is 5.17. The number of nitrogens with zero attached hydrogens (tertiary/aromatic N) is 1. The van der Waals surface area contributed by atoms with Gasteiger partial charge in [-0.3, -0.25) is 0 Å². The third kappa shape index (κ3) is 5.38. The molecule has 2 aliphatic rings. The van der Waals surface area contributed by atoms with Crippen molar-refractivity contribution in [1.82, 2.24) is 0 Å². The highest BCUT2D eigenvalue weighted by Gasteiger charge is 2.32. The van der Waals surface area contributed by atoms with Crippen molar-refractivity contribution >= 4 is 49.0 Å². The number of rotatable bonds is 4. The molecule has 3 aromatic carbocycles. The highest BCUT2D eigenvalue weighted by molar-refractivity contribution is 8.03. The van der Waals surface area contributed by atoms with E-state index in [1.54, 1.807) is 22.6 Å². The first-order valence-corrected chi connectivity index (χ1v) is 16.0. The summed E-state index contributed by atoms with van der Waals surface area (Å²) >= 11 is 3.96. The van der Waals surface area contributed by atoms with Crippen LogP contribution in [-0.4, -0.2) is 13.0 Å². The average molecular weight is 562 g/mol. The first-order valence-electron chi connectivity index (χ1n) is 12.9. The van der Waals surface area contributed by atoms with Crippen molar-refractivity contribution in [2.24, 2.45) is 0 Å². The van der Waals surface area contributed by atoms with Crippen LogP contribution in [0.15, 0.2) is 99.1 Å². The molecule has 38 heavy (non-hydrogen) atoms. The summed E-state index contributed by atoms with van der Waals surface area (Å²) in [6, 6.07) is 23.6. The lowest BCUT2D eigenvalue weighted by molar-refractivity contribution is -0.665. The first kappa shape index (κ1) is 26.9. The largest absolute Gasteiger partial charge is 0.744 e. The zero-order valence-electron chi connectivity index (χ0n) is 21.8. The highest BCUT2D eigenvalue weighted by atomic mass is 32.2. The second kappa shape index (κ2) is 11.2. The second-order valence-corrected chi connectivity index (χ2v) is 13.0. The molecule has 1 atom stereocenters. The molecule has 1 unspecified atom stereocenters. The zero-order valence-corrected chi connectivity index (χ0v) is 24.3. The number of allylic oxidation sites excluding steroid dienone is 4. The highest BCUT2D eigenvalue weighted by Crippen LogP contribution is 2.53. The molecule has 0 saturated heterocycles. The monoisotopic (exact) mass is 561 g/mol. The Labute approximate surface area is 233 Å². The van der Waals surface area contributed by atoms with Crippen molar-refractivity contribution < 1.29 is 17.5 Å². The molecule has 0 radical (unpaired) electrons. The number of thioether (sulfide) groups is 1. The van der Waals surface area contributed by atoms with Gasteiger partial charge in [0.25, 0.3) is 5.01 Å². The number of aryl methyl sites for hydroxylation is 2. The Morgan fingerprint density at radius 1 is 0.947 bits per heavy atom. The van der Waals surface area contributed by atoms with Gasteiger partial charge in [0.2, 0.25) is 5.52 Å². The molecular formula is C31H31NO3S3. The Balaban J connectivity index is 0.000000226. The first-order chi connectivity index (χ1) is 18.3. The van der Waals surface area contributed by atoms with E-state index in [9.17, 15) is 13.0 Å². The van der Waals surface area contributed by atoms with Crippen molar-refractivity contribution in [2.45, 2.75) is 62.3 Å². The van der Waals surface area contributed by atoms with E-state index >= 15 is 0 Å². The van der Waals surface area contributed by atoms with Crippen LogP contribution in [0.3, 0.4) is 0 Å². The lowest BCUT2D eigenvalue weighted by Crippen LogP contribution is -2.34. The normalized spacial score (nSPS) is 18.7. The minimum Gasteiger partial charge on any atom is -0.744 e. The molecule has 0 N–H and O–H groups in total. The van der Waals surface area contributed by atoms with Gasteiger partial charge in [-0.05, 0) is 74.6 Å². The van der Waals surface area contributed by atoms with Gasteiger partial charge in [0.05, 0.1) is 4.90 Å². The minimum absolute atomic E-state index is 0.178. The SMILES string of the molecule is CCC1/C(=C2/C=C(c3sc4ccccc4[n+]3CC)CC2)Sc2ccccc21.Cc1ccc(S(=O)(=O)[O-])cc1. The molecule has 7 heteroatoms. The Morgan fingerprint density at radius 2 is 1.66 bits per heavy atom. The number of fused-ring (bicyclic) bond motifs is 2. The number of thiazole rings is 1. The van der Waals surface area contributed by atoms with E-state index in [4.69, 9.17) is 0 Å². The van der Waals surface area contributed by atoms with Crippen LogP contribution in [0.1, 0.15) is 55.2 Å². The molecule has 1 aromatic heterocycles. The summed E-state index contributed by atoms with van der Waals surface area (Å²) in [7, 11) is -4.27. The van der Waals surface area contributed by atoms with Gasteiger partial charge in [-0.1, -0.05) is 78.1 Å². The summed E-state index contributed by atoms with van der Waals surface area (Å²) in [5.41, 5.74) is 6.92. The maximum atomic E-state index is 10.4. The van der Waals surface area contributed by atoms with Gasteiger partial charge in [0.15, 0.2) is 0 Å². The molecule has 0 amide bonds. The average Bonchev–Trinajstić information content (AvgIpc) is 3.63. The summed E-state index contributed by atoms with van der Waals surface area (Å²) in [5.74, 6) is 0.581. The van der Waals surface area contributed by atoms with Crippen LogP contribution in [0, 0.1) is 6.92 Å². The fraction of sp³-hybridized carbons (Fsp3) is 0.258. The lowest BCUT2D eigenvalue weighted by Gasteiger charge is -2.11. The minimum atomic E-state index is -4.27. The molecule has 0 bridgehead atoms. The van der Waals surface area contributed by atoms with Crippen molar-refractivity contribution in [3.63, 3.8) is 0 Å². The van der Waals surface area contributed by atoms with Crippen LogP contribution in [0.2, 0.25) is 0 Å². The van der Waals surface area contributed by atoms with E-state index < -0.39 is 10.1 Å². The van der Waals surface area contributed by atoms with E-state index in [0.717, 1.165) is 12.1 Å². The third-order valence-corrected chi connectivity index (χ3v) is 10.5. The van der Waals surface area contributed by atoms with Gasteiger partial charge in [-0.25, -0.2) is 8.42 Å². The molecule has 0 fully saturated rings. The number of para-hydroxylation sites is 1. The van der Waals surface area contributed by atoms with Crippen molar-refractivity contribution in [1.29, 1.82) is 0 Å². The van der Waals surface area contributed by atoms with Crippen molar-refractivity contribution in [3.05, 3.63) is 105 Å². The molecule has 4 nitrogen and oxygen atoms in total. The third-order valence-electron chi connectivity index (χ3n) is 7.08. The van der Waals surface area contributed by atoms with E-state index in [-0.39, 0.29) is 4.90 Å². The maximum absolute atomic E-state index is 10.4. The summed E-state index contributed by atoms with van der Waals surface area (Å²) < 4.78 is 35.1. The van der Waals surface area contributed by atoms with Crippen LogP contribution >= 0.6 is 23.1 Å². The standard InChI is InChI=1S/C24H24NS2.C7H8O3S/c1-3-18-19-9-5-7-11-21(19)26-23(18)16-13-14-17(15-16)24-25(4-2)20-10-6-8-12-22(20)27-24;1-6-2-4-7(5-3-6)11(8,9)10/h5-12,15,18H,3-4,13-14H2,1-2H3;2-5H,1H3,(H,8,9,10)/q+1;/p-1/b23-16-;. The summed E-state index contributed by atoms with van der Waals surface area (Å²) in [6.07, 6.45) is 6.04. The zero-order chi connectivity index (χ0) is 26.9. The summed E-state index contributed by atoms with van der Waals surface area (Å²) in [6.45, 7) is 7.43. The summed E-state index contributed by atoms with van der Waals surface area (Å²) in [5, 5.41) is 1.45.